The maximum absolute atomic E-state index is 13.4. The molecule has 0 aromatic heterocycles. The van der Waals surface area contributed by atoms with Crippen LogP contribution in [0.25, 0.3) is 0 Å². The summed E-state index contributed by atoms with van der Waals surface area (Å²) in [6, 6.07) is 0. The molecule has 2 saturated heterocycles. The van der Waals surface area contributed by atoms with Crippen LogP contribution in [-0.4, -0.2) is 61.4 Å². The molecule has 0 aromatic carbocycles. The quantitative estimate of drug-likeness (QED) is 0.457. The molecule has 4 aliphatic carbocycles. The molecule has 0 aromatic rings. The number of rotatable bonds is 4. The lowest BCUT2D eigenvalue weighted by atomic mass is 9.47. The van der Waals surface area contributed by atoms with E-state index in [2.05, 4.69) is 4.74 Å². The first-order valence-electron chi connectivity index (χ1n) is 9.49. The number of esters is 2. The van der Waals surface area contributed by atoms with Gasteiger partial charge in [-0.1, -0.05) is 0 Å². The minimum absolute atomic E-state index is 0.111. The smallest absolute Gasteiger partial charge is 0.367 e. The molecule has 0 radical (unpaired) electrons. The predicted molar refractivity (Wildman–Crippen MR) is 85.0 cm³/mol. The SMILES string of the molecule is O=C1OCC2OC3(OC12)C1CC2CC3CC(C(=O)OCC(F)(F)S(=O)(=O)[O-])(C2)C1. The van der Waals surface area contributed by atoms with Gasteiger partial charge in [-0.3, -0.25) is 4.79 Å². The minimum atomic E-state index is -5.93. The summed E-state index contributed by atoms with van der Waals surface area (Å²) >= 11 is 0. The average molecular weight is 437 g/mol. The Bertz CT molecular complexity index is 856. The van der Waals surface area contributed by atoms with E-state index in [1.165, 1.54) is 0 Å². The summed E-state index contributed by atoms with van der Waals surface area (Å²) in [7, 11) is -5.93. The number of hydrogen-bond donors (Lipinski definition) is 0. The Labute approximate surface area is 164 Å². The fourth-order valence-corrected chi connectivity index (χ4v) is 6.31. The Morgan fingerprint density at radius 3 is 2.45 bits per heavy atom. The maximum Gasteiger partial charge on any atom is 0.367 e. The van der Waals surface area contributed by atoms with Gasteiger partial charge in [0.15, 0.2) is 28.6 Å². The highest BCUT2D eigenvalue weighted by atomic mass is 32.2. The Morgan fingerprint density at radius 1 is 1.21 bits per heavy atom. The second kappa shape index (κ2) is 5.86. The van der Waals surface area contributed by atoms with Gasteiger partial charge < -0.3 is 23.5 Å². The van der Waals surface area contributed by atoms with E-state index in [0.29, 0.717) is 19.3 Å². The van der Waals surface area contributed by atoms with Crippen LogP contribution in [0, 0.1) is 23.2 Å². The van der Waals surface area contributed by atoms with Crippen molar-refractivity contribution in [1.82, 2.24) is 0 Å². The van der Waals surface area contributed by atoms with Crippen molar-refractivity contribution in [2.24, 2.45) is 23.2 Å². The van der Waals surface area contributed by atoms with Gasteiger partial charge in [-0.05, 0) is 38.0 Å². The standard InChI is InChI=1S/C17H20F2O9S/c18-16(19,29(22,23)24)7-26-14(21)15-3-8-1-9(4-15)17(10(2-8)5-15)27-11-6-25-13(20)12(11)28-17/h8-12H,1-7H2,(H,22,23,24)/p-1. The molecule has 0 amide bonds. The van der Waals surface area contributed by atoms with Gasteiger partial charge in [0.1, 0.15) is 12.7 Å². The van der Waals surface area contributed by atoms with E-state index in [1.807, 2.05) is 0 Å². The molecular formula is C17H19F2O9S-. The first kappa shape index (κ1) is 19.6. The van der Waals surface area contributed by atoms with Crippen LogP contribution in [0.15, 0.2) is 0 Å². The first-order valence-corrected chi connectivity index (χ1v) is 10.9. The van der Waals surface area contributed by atoms with E-state index in [4.69, 9.17) is 14.2 Å². The van der Waals surface area contributed by atoms with Gasteiger partial charge in [-0.2, -0.15) is 8.78 Å². The zero-order valence-corrected chi connectivity index (χ0v) is 16.0. The molecule has 6 fully saturated rings. The molecule has 6 aliphatic rings. The summed E-state index contributed by atoms with van der Waals surface area (Å²) in [6.07, 6.45) is 1.11. The van der Waals surface area contributed by atoms with E-state index >= 15 is 0 Å². The molecule has 2 aliphatic heterocycles. The van der Waals surface area contributed by atoms with E-state index < -0.39 is 57.3 Å². The summed E-state index contributed by atoms with van der Waals surface area (Å²) in [5, 5.41) is -4.68. The van der Waals surface area contributed by atoms with E-state index in [1.54, 1.807) is 0 Å². The maximum atomic E-state index is 13.4. The van der Waals surface area contributed by atoms with Gasteiger partial charge in [0.05, 0.1) is 5.41 Å². The van der Waals surface area contributed by atoms with Gasteiger partial charge >= 0.3 is 17.2 Å². The van der Waals surface area contributed by atoms with Crippen LogP contribution in [0.2, 0.25) is 0 Å². The molecule has 1 spiro atoms. The molecule has 4 atom stereocenters. The second-order valence-electron chi connectivity index (χ2n) is 8.84. The number of hydrogen-bond acceptors (Lipinski definition) is 9. The lowest BCUT2D eigenvalue weighted by Gasteiger charge is -2.61. The summed E-state index contributed by atoms with van der Waals surface area (Å²) in [5.74, 6) is -2.69. The van der Waals surface area contributed by atoms with Crippen molar-refractivity contribution in [2.45, 2.75) is 55.4 Å². The van der Waals surface area contributed by atoms with Crippen molar-refractivity contribution in [2.75, 3.05) is 13.2 Å². The molecule has 6 rings (SSSR count). The first-order chi connectivity index (χ1) is 13.5. The number of cyclic esters (lactones) is 1. The fourth-order valence-electron chi connectivity index (χ4n) is 6.10. The molecule has 4 saturated carbocycles. The van der Waals surface area contributed by atoms with Crippen molar-refractivity contribution in [3.63, 3.8) is 0 Å². The van der Waals surface area contributed by atoms with Gasteiger partial charge in [0.2, 0.25) is 0 Å². The van der Waals surface area contributed by atoms with Crippen LogP contribution in [0.3, 0.4) is 0 Å². The van der Waals surface area contributed by atoms with Crippen molar-refractivity contribution < 1.29 is 50.3 Å². The summed E-state index contributed by atoms with van der Waals surface area (Å²) in [5.41, 5.74) is -1.05. The summed E-state index contributed by atoms with van der Waals surface area (Å²) < 4.78 is 80.5. The monoisotopic (exact) mass is 437 g/mol. The van der Waals surface area contributed by atoms with Gasteiger partial charge in [0.25, 0.3) is 0 Å². The van der Waals surface area contributed by atoms with Crippen LogP contribution in [0.4, 0.5) is 8.78 Å². The van der Waals surface area contributed by atoms with Crippen molar-refractivity contribution in [1.29, 1.82) is 0 Å². The molecule has 4 bridgehead atoms. The second-order valence-corrected chi connectivity index (χ2v) is 10.3. The number of carbonyl (C=O) groups is 2. The zero-order chi connectivity index (χ0) is 20.8. The number of alkyl halides is 2. The normalized spacial score (nSPS) is 45.5. The molecular weight excluding hydrogens is 418 g/mol. The van der Waals surface area contributed by atoms with Gasteiger partial charge in [-0.15, -0.1) is 0 Å². The lowest BCUT2D eigenvalue weighted by Crippen LogP contribution is -2.64. The molecule has 29 heavy (non-hydrogen) atoms. The number of halogens is 2. The summed E-state index contributed by atoms with van der Waals surface area (Å²) in [6.45, 7) is -1.69. The third kappa shape index (κ3) is 2.68. The highest BCUT2D eigenvalue weighted by Crippen LogP contribution is 2.67. The van der Waals surface area contributed by atoms with Crippen molar-refractivity contribution in [3.05, 3.63) is 0 Å². The van der Waals surface area contributed by atoms with E-state index in [-0.39, 0.29) is 37.2 Å². The van der Waals surface area contributed by atoms with Crippen LogP contribution in [-0.2, 0) is 38.7 Å². The van der Waals surface area contributed by atoms with Gasteiger partial charge in [-0.25, -0.2) is 13.2 Å². The van der Waals surface area contributed by atoms with Crippen LogP contribution < -0.4 is 0 Å². The molecule has 162 valence electrons. The molecule has 9 nitrogen and oxygen atoms in total. The van der Waals surface area contributed by atoms with E-state index in [9.17, 15) is 31.3 Å². The van der Waals surface area contributed by atoms with E-state index in [0.717, 1.165) is 0 Å². The third-order valence-corrected chi connectivity index (χ3v) is 7.95. The Balaban J connectivity index is 1.35. The highest BCUT2D eigenvalue weighted by Gasteiger charge is 2.71. The molecule has 2 heterocycles. The van der Waals surface area contributed by atoms with Crippen molar-refractivity contribution >= 4 is 22.1 Å². The average Bonchev–Trinajstić information content (AvgIpc) is 3.16. The van der Waals surface area contributed by atoms with Crippen molar-refractivity contribution in [3.8, 4) is 0 Å². The highest BCUT2D eigenvalue weighted by molar-refractivity contribution is 7.86. The third-order valence-electron chi connectivity index (χ3n) is 7.10. The summed E-state index contributed by atoms with van der Waals surface area (Å²) in [4.78, 5) is 24.6. The minimum Gasteiger partial charge on any atom is -0.743 e. The van der Waals surface area contributed by atoms with Crippen LogP contribution in [0.5, 0.6) is 0 Å². The largest absolute Gasteiger partial charge is 0.743 e. The molecule has 12 heteroatoms. The van der Waals surface area contributed by atoms with Gasteiger partial charge in [0, 0.05) is 11.8 Å². The number of fused-ring (bicyclic) bond motifs is 1. The Hall–Kier alpha value is -1.37. The predicted octanol–water partition coefficient (Wildman–Crippen LogP) is 0.531. The Kier molecular flexibility index (Phi) is 3.96. The van der Waals surface area contributed by atoms with Crippen LogP contribution in [0.1, 0.15) is 32.1 Å². The topological polar surface area (TPSA) is 128 Å². The molecule has 4 unspecified atom stereocenters. The lowest BCUT2D eigenvalue weighted by molar-refractivity contribution is -0.314. The zero-order valence-electron chi connectivity index (χ0n) is 15.2. The Morgan fingerprint density at radius 2 is 1.86 bits per heavy atom. The fraction of sp³-hybridized carbons (Fsp3) is 0.882. The molecule has 0 N–H and O–H groups in total. The number of carbonyl (C=O) groups excluding carboxylic acids is 2. The number of ether oxygens (including phenoxy) is 4. The van der Waals surface area contributed by atoms with Crippen LogP contribution >= 0.6 is 0 Å².